The molecule has 0 aromatic heterocycles. The number of hydrogen-bond donors (Lipinski definition) is 2. The van der Waals surface area contributed by atoms with Gasteiger partial charge in [-0.25, -0.2) is 0 Å². The maximum Gasteiger partial charge on any atom is 0.258 e. The Morgan fingerprint density at radius 2 is 1.95 bits per heavy atom. The molecule has 2 rings (SSSR count). The summed E-state index contributed by atoms with van der Waals surface area (Å²) in [4.78, 5) is 14.3. The summed E-state index contributed by atoms with van der Waals surface area (Å²) in [6.07, 6.45) is 0. The van der Waals surface area contributed by atoms with Gasteiger partial charge >= 0.3 is 0 Å². The largest absolute Gasteiger partial charge is 0.508 e. The number of aromatic hydroxyl groups is 1. The van der Waals surface area contributed by atoms with Gasteiger partial charge in [-0.15, -0.1) is 0 Å². The van der Waals surface area contributed by atoms with Crippen molar-refractivity contribution in [2.75, 3.05) is 17.2 Å². The number of carbonyl (C=O) groups excluding carboxylic acids is 1. The molecule has 0 radical (unpaired) electrons. The van der Waals surface area contributed by atoms with Crippen molar-refractivity contribution in [2.24, 2.45) is 0 Å². The number of anilines is 2. The predicted molar refractivity (Wildman–Crippen MR) is 81.0 cm³/mol. The van der Waals surface area contributed by atoms with E-state index in [4.69, 9.17) is 5.73 Å². The van der Waals surface area contributed by atoms with E-state index in [2.05, 4.69) is 0 Å². The van der Waals surface area contributed by atoms with Gasteiger partial charge in [-0.2, -0.15) is 0 Å². The van der Waals surface area contributed by atoms with Crippen molar-refractivity contribution in [2.45, 2.75) is 13.8 Å². The summed E-state index contributed by atoms with van der Waals surface area (Å²) in [7, 11) is 0. The maximum absolute atomic E-state index is 12.6. The fraction of sp³-hybridized carbons (Fsp3) is 0.188. The maximum atomic E-state index is 12.6. The second kappa shape index (κ2) is 5.65. The molecule has 0 aliphatic heterocycles. The predicted octanol–water partition coefficient (Wildman–Crippen LogP) is 2.95. The van der Waals surface area contributed by atoms with Crippen LogP contribution < -0.4 is 10.6 Å². The SMILES string of the molecule is CCN(C(=O)c1cccc(N)c1C)c1cccc(O)c1. The molecule has 3 N–H and O–H groups in total. The minimum Gasteiger partial charge on any atom is -0.508 e. The number of nitrogen functional groups attached to an aromatic ring is 1. The van der Waals surface area contributed by atoms with Crippen molar-refractivity contribution in [1.29, 1.82) is 0 Å². The number of nitrogens with zero attached hydrogens (tertiary/aromatic N) is 1. The highest BCUT2D eigenvalue weighted by Gasteiger charge is 2.18. The number of nitrogens with two attached hydrogens (primary N) is 1. The molecule has 0 bridgehead atoms. The van der Waals surface area contributed by atoms with E-state index >= 15 is 0 Å². The molecule has 0 saturated carbocycles. The summed E-state index contributed by atoms with van der Waals surface area (Å²) in [5.74, 6) is 0.0148. The van der Waals surface area contributed by atoms with Crippen LogP contribution in [0.4, 0.5) is 11.4 Å². The third-order valence-electron chi connectivity index (χ3n) is 3.31. The zero-order chi connectivity index (χ0) is 14.7. The first-order valence-electron chi connectivity index (χ1n) is 6.50. The minimum absolute atomic E-state index is 0.122. The molecule has 2 aromatic rings. The summed E-state index contributed by atoms with van der Waals surface area (Å²) < 4.78 is 0. The van der Waals surface area contributed by atoms with Gasteiger partial charge in [-0.1, -0.05) is 12.1 Å². The molecule has 2 aromatic carbocycles. The smallest absolute Gasteiger partial charge is 0.258 e. The average molecular weight is 270 g/mol. The van der Waals surface area contributed by atoms with E-state index < -0.39 is 0 Å². The number of phenols is 1. The minimum atomic E-state index is -0.122. The number of hydrogen-bond acceptors (Lipinski definition) is 3. The van der Waals surface area contributed by atoms with Crippen LogP contribution in [0.15, 0.2) is 42.5 Å². The molecule has 4 heteroatoms. The normalized spacial score (nSPS) is 10.3. The number of rotatable bonds is 3. The van der Waals surface area contributed by atoms with Gasteiger partial charge in [0.1, 0.15) is 5.75 Å². The van der Waals surface area contributed by atoms with Crippen molar-refractivity contribution >= 4 is 17.3 Å². The second-order valence-corrected chi connectivity index (χ2v) is 4.59. The first-order chi connectivity index (χ1) is 9.54. The van der Waals surface area contributed by atoms with Crippen LogP contribution in [-0.4, -0.2) is 17.6 Å². The van der Waals surface area contributed by atoms with Crippen molar-refractivity contribution in [3.8, 4) is 5.75 Å². The highest BCUT2D eigenvalue weighted by atomic mass is 16.3. The Bertz CT molecular complexity index is 638. The number of amides is 1. The van der Waals surface area contributed by atoms with Gasteiger partial charge in [0.05, 0.1) is 0 Å². The first kappa shape index (κ1) is 13.9. The van der Waals surface area contributed by atoms with Crippen LogP contribution in [0.5, 0.6) is 5.75 Å². The Kier molecular flexibility index (Phi) is 3.94. The molecule has 104 valence electrons. The summed E-state index contributed by atoms with van der Waals surface area (Å²) in [6.45, 7) is 4.24. The standard InChI is InChI=1S/C16H18N2O2/c1-3-18(12-6-4-7-13(19)10-12)16(20)14-8-5-9-15(17)11(14)2/h4-10,19H,3,17H2,1-2H3. The summed E-state index contributed by atoms with van der Waals surface area (Å²) in [5.41, 5.74) is 8.47. The van der Waals surface area contributed by atoms with Crippen molar-refractivity contribution in [3.63, 3.8) is 0 Å². The molecule has 1 amide bonds. The topological polar surface area (TPSA) is 66.6 Å². The van der Waals surface area contributed by atoms with Crippen LogP contribution in [0.1, 0.15) is 22.8 Å². The summed E-state index contributed by atoms with van der Waals surface area (Å²) in [5, 5.41) is 9.55. The van der Waals surface area contributed by atoms with Gasteiger partial charge in [0.15, 0.2) is 0 Å². The second-order valence-electron chi connectivity index (χ2n) is 4.59. The van der Waals surface area contributed by atoms with Gasteiger partial charge < -0.3 is 15.7 Å². The Morgan fingerprint density at radius 3 is 2.60 bits per heavy atom. The van der Waals surface area contributed by atoms with E-state index in [1.165, 1.54) is 0 Å². The van der Waals surface area contributed by atoms with Crippen LogP contribution in [0, 0.1) is 6.92 Å². The third-order valence-corrected chi connectivity index (χ3v) is 3.31. The zero-order valence-corrected chi connectivity index (χ0v) is 11.6. The average Bonchev–Trinajstić information content (AvgIpc) is 2.42. The lowest BCUT2D eigenvalue weighted by atomic mass is 10.1. The van der Waals surface area contributed by atoms with E-state index in [-0.39, 0.29) is 11.7 Å². The van der Waals surface area contributed by atoms with E-state index in [0.29, 0.717) is 23.5 Å². The highest BCUT2D eigenvalue weighted by molar-refractivity contribution is 6.07. The fourth-order valence-electron chi connectivity index (χ4n) is 2.13. The van der Waals surface area contributed by atoms with Gasteiger partial charge in [0, 0.05) is 29.5 Å². The lowest BCUT2D eigenvalue weighted by Crippen LogP contribution is -2.31. The zero-order valence-electron chi connectivity index (χ0n) is 11.6. The first-order valence-corrected chi connectivity index (χ1v) is 6.50. The van der Waals surface area contributed by atoms with Crippen molar-refractivity contribution in [1.82, 2.24) is 0 Å². The Hall–Kier alpha value is -2.49. The Balaban J connectivity index is 2.42. The van der Waals surface area contributed by atoms with E-state index in [0.717, 1.165) is 5.56 Å². The molecule has 0 spiro atoms. The molecule has 0 unspecified atom stereocenters. The molecule has 0 heterocycles. The molecule has 0 aliphatic carbocycles. The molecular weight excluding hydrogens is 252 g/mol. The van der Waals surface area contributed by atoms with E-state index in [9.17, 15) is 9.90 Å². The third kappa shape index (κ3) is 2.59. The molecule has 0 aliphatic rings. The van der Waals surface area contributed by atoms with Crippen LogP contribution in [0.3, 0.4) is 0 Å². The quantitative estimate of drug-likeness (QED) is 0.843. The fourth-order valence-corrected chi connectivity index (χ4v) is 2.13. The molecule has 0 atom stereocenters. The van der Waals surface area contributed by atoms with E-state index in [1.807, 2.05) is 13.8 Å². The van der Waals surface area contributed by atoms with E-state index in [1.54, 1.807) is 47.4 Å². The number of benzene rings is 2. The highest BCUT2D eigenvalue weighted by Crippen LogP contribution is 2.24. The molecule has 20 heavy (non-hydrogen) atoms. The van der Waals surface area contributed by atoms with Gasteiger partial charge in [-0.05, 0) is 43.7 Å². The van der Waals surface area contributed by atoms with Crippen LogP contribution in [0.25, 0.3) is 0 Å². The lowest BCUT2D eigenvalue weighted by Gasteiger charge is -2.22. The van der Waals surface area contributed by atoms with Gasteiger partial charge in [-0.3, -0.25) is 4.79 Å². The Morgan fingerprint density at radius 1 is 1.25 bits per heavy atom. The number of phenolic OH excluding ortho intramolecular Hbond substituents is 1. The summed E-state index contributed by atoms with van der Waals surface area (Å²) >= 11 is 0. The van der Waals surface area contributed by atoms with Gasteiger partial charge in [0.25, 0.3) is 5.91 Å². The van der Waals surface area contributed by atoms with Crippen LogP contribution >= 0.6 is 0 Å². The van der Waals surface area contributed by atoms with Crippen molar-refractivity contribution < 1.29 is 9.90 Å². The molecule has 0 fully saturated rings. The van der Waals surface area contributed by atoms with Crippen LogP contribution in [-0.2, 0) is 0 Å². The number of carbonyl (C=O) groups is 1. The van der Waals surface area contributed by atoms with Crippen molar-refractivity contribution in [3.05, 3.63) is 53.6 Å². The monoisotopic (exact) mass is 270 g/mol. The Labute approximate surface area is 118 Å². The molecular formula is C16H18N2O2. The molecule has 0 saturated heterocycles. The van der Waals surface area contributed by atoms with Gasteiger partial charge in [0.2, 0.25) is 0 Å². The molecule has 4 nitrogen and oxygen atoms in total. The lowest BCUT2D eigenvalue weighted by molar-refractivity contribution is 0.0988. The summed E-state index contributed by atoms with van der Waals surface area (Å²) in [6, 6.07) is 12.0. The van der Waals surface area contributed by atoms with Crippen LogP contribution in [0.2, 0.25) is 0 Å².